The summed E-state index contributed by atoms with van der Waals surface area (Å²) in [7, 11) is 0. The zero-order valence-electron chi connectivity index (χ0n) is 7.70. The third-order valence-corrected chi connectivity index (χ3v) is 2.02. The van der Waals surface area contributed by atoms with Crippen LogP contribution >= 0.6 is 15.9 Å². The fraction of sp³-hybridized carbons (Fsp3) is 0.200. The lowest BCUT2D eigenvalue weighted by Gasteiger charge is -2.00. The molecule has 14 heavy (non-hydrogen) atoms. The topological polar surface area (TPSA) is 50.2 Å². The zero-order chi connectivity index (χ0) is 10.6. The normalized spacial score (nSPS) is 10.7. The van der Waals surface area contributed by atoms with Gasteiger partial charge in [-0.15, -0.1) is 0 Å². The molecule has 4 heteroatoms. The number of aromatic nitrogens is 1. The van der Waals surface area contributed by atoms with Crippen LogP contribution in [0.15, 0.2) is 18.3 Å². The van der Waals surface area contributed by atoms with Crippen LogP contribution in [0.3, 0.4) is 0 Å². The minimum absolute atomic E-state index is 0.0906. The second kappa shape index (κ2) is 4.91. The molecule has 1 N–H and O–H groups in total. The number of allylic oxidation sites excluding steroid dienone is 1. The van der Waals surface area contributed by atoms with Crippen LogP contribution in [0, 0.1) is 6.92 Å². The molecule has 1 rings (SSSR count). The summed E-state index contributed by atoms with van der Waals surface area (Å²) < 4.78 is 0. The Morgan fingerprint density at radius 3 is 3.00 bits per heavy atom. The summed E-state index contributed by atoms with van der Waals surface area (Å²) in [6, 6.07) is 1.80. The van der Waals surface area contributed by atoms with E-state index in [0.717, 1.165) is 5.56 Å². The molecule has 3 nitrogen and oxygen atoms in total. The van der Waals surface area contributed by atoms with Gasteiger partial charge < -0.3 is 5.11 Å². The maximum absolute atomic E-state index is 10.8. The van der Waals surface area contributed by atoms with Gasteiger partial charge in [-0.2, -0.15) is 0 Å². The van der Waals surface area contributed by atoms with Gasteiger partial charge >= 0.3 is 5.97 Å². The van der Waals surface area contributed by atoms with Crippen molar-refractivity contribution in [3.8, 4) is 0 Å². The lowest BCUT2D eigenvalue weighted by Crippen LogP contribution is -2.03. The molecule has 0 aromatic carbocycles. The molecule has 0 bridgehead atoms. The predicted octanol–water partition coefficient (Wildman–Crippen LogP) is 2.50. The second-order valence-corrected chi connectivity index (χ2v) is 3.46. The van der Waals surface area contributed by atoms with Gasteiger partial charge in [-0.3, -0.25) is 0 Å². The number of pyridine rings is 1. The first-order chi connectivity index (χ1) is 6.65. The lowest BCUT2D eigenvalue weighted by atomic mass is 10.1. The van der Waals surface area contributed by atoms with Gasteiger partial charge in [0.1, 0.15) is 0 Å². The maximum Gasteiger partial charge on any atom is 0.355 e. The number of alkyl halides is 1. The van der Waals surface area contributed by atoms with Crippen LogP contribution < -0.4 is 0 Å². The van der Waals surface area contributed by atoms with Crippen molar-refractivity contribution in [2.24, 2.45) is 0 Å². The van der Waals surface area contributed by atoms with Crippen molar-refractivity contribution < 1.29 is 9.90 Å². The molecule has 0 fully saturated rings. The highest BCUT2D eigenvalue weighted by Crippen LogP contribution is 2.10. The molecule has 0 atom stereocenters. The average Bonchev–Trinajstić information content (AvgIpc) is 2.14. The van der Waals surface area contributed by atoms with Crippen molar-refractivity contribution in [1.29, 1.82) is 0 Å². The predicted molar refractivity (Wildman–Crippen MR) is 58.8 cm³/mol. The van der Waals surface area contributed by atoms with Gasteiger partial charge in [-0.1, -0.05) is 28.1 Å². The maximum atomic E-state index is 10.8. The van der Waals surface area contributed by atoms with Crippen molar-refractivity contribution in [3.05, 3.63) is 35.2 Å². The third-order valence-electron chi connectivity index (χ3n) is 1.64. The zero-order valence-corrected chi connectivity index (χ0v) is 9.28. The molecule has 1 heterocycles. The summed E-state index contributed by atoms with van der Waals surface area (Å²) in [6.07, 6.45) is 5.13. The largest absolute Gasteiger partial charge is 0.476 e. The lowest BCUT2D eigenvalue weighted by molar-refractivity contribution is 0.0690. The average molecular weight is 256 g/mol. The van der Waals surface area contributed by atoms with Gasteiger partial charge in [0.15, 0.2) is 5.69 Å². The number of carboxylic acid groups (broad SMARTS) is 1. The molecule has 0 amide bonds. The Balaban J connectivity index is 3.15. The molecule has 0 aliphatic rings. The fourth-order valence-corrected chi connectivity index (χ4v) is 1.26. The molecule has 0 aliphatic heterocycles. The first-order valence-electron chi connectivity index (χ1n) is 4.07. The van der Waals surface area contributed by atoms with Crippen LogP contribution in [0.1, 0.15) is 21.6 Å². The summed E-state index contributed by atoms with van der Waals surface area (Å²) in [5.74, 6) is -1.00. The number of rotatable bonds is 3. The molecule has 1 aromatic heterocycles. The highest BCUT2D eigenvalue weighted by atomic mass is 79.9. The van der Waals surface area contributed by atoms with E-state index in [1.165, 1.54) is 0 Å². The first kappa shape index (κ1) is 10.9. The number of halogens is 1. The van der Waals surface area contributed by atoms with E-state index >= 15 is 0 Å². The van der Waals surface area contributed by atoms with E-state index in [-0.39, 0.29) is 5.69 Å². The quantitative estimate of drug-likeness (QED) is 0.845. The van der Waals surface area contributed by atoms with Gasteiger partial charge in [0, 0.05) is 17.1 Å². The molecule has 0 aliphatic carbocycles. The summed E-state index contributed by atoms with van der Waals surface area (Å²) >= 11 is 3.23. The minimum Gasteiger partial charge on any atom is -0.476 e. The van der Waals surface area contributed by atoms with Crippen molar-refractivity contribution in [2.75, 3.05) is 5.33 Å². The van der Waals surface area contributed by atoms with E-state index in [0.29, 0.717) is 10.9 Å². The van der Waals surface area contributed by atoms with E-state index in [4.69, 9.17) is 5.11 Å². The summed E-state index contributed by atoms with van der Waals surface area (Å²) in [5, 5.41) is 9.54. The number of hydrogen-bond acceptors (Lipinski definition) is 2. The molecule has 0 spiro atoms. The Labute approximate surface area is 90.6 Å². The molecule has 0 radical (unpaired) electrons. The van der Waals surface area contributed by atoms with E-state index in [1.54, 1.807) is 18.3 Å². The fourth-order valence-electron chi connectivity index (χ4n) is 1.07. The van der Waals surface area contributed by atoms with Crippen LogP contribution in [-0.2, 0) is 0 Å². The van der Waals surface area contributed by atoms with Crippen LogP contribution in [0.2, 0.25) is 0 Å². The summed E-state index contributed by atoms with van der Waals surface area (Å²) in [5.41, 5.74) is 1.67. The monoisotopic (exact) mass is 255 g/mol. The van der Waals surface area contributed by atoms with Crippen LogP contribution in [-0.4, -0.2) is 21.4 Å². The molecule has 0 unspecified atom stereocenters. The molecular formula is C10H10BrNO2. The number of nitrogens with zero attached hydrogens (tertiary/aromatic N) is 1. The molecule has 0 saturated carbocycles. The van der Waals surface area contributed by atoms with Gasteiger partial charge in [0.05, 0.1) is 0 Å². The van der Waals surface area contributed by atoms with E-state index in [9.17, 15) is 4.79 Å². The van der Waals surface area contributed by atoms with E-state index in [1.807, 2.05) is 13.0 Å². The Bertz CT molecular complexity index is 374. The summed E-state index contributed by atoms with van der Waals surface area (Å²) in [6.45, 7) is 1.88. The molecule has 1 aromatic rings. The summed E-state index contributed by atoms with van der Waals surface area (Å²) in [4.78, 5) is 14.7. The first-order valence-corrected chi connectivity index (χ1v) is 5.19. The second-order valence-electron chi connectivity index (χ2n) is 2.81. The van der Waals surface area contributed by atoms with Crippen LogP contribution in [0.4, 0.5) is 0 Å². The molecule has 0 saturated heterocycles. The standard InChI is InChI=1S/C10H10BrNO2/c1-7-5-8(3-2-4-11)9(10(13)14)12-6-7/h2-3,5-6H,4H2,1H3,(H,13,14). The Morgan fingerprint density at radius 2 is 2.43 bits per heavy atom. The SMILES string of the molecule is Cc1cnc(C(=O)O)c(C=CCBr)c1. The van der Waals surface area contributed by atoms with Crippen molar-refractivity contribution in [2.45, 2.75) is 6.92 Å². The Morgan fingerprint density at radius 1 is 1.71 bits per heavy atom. The number of carbonyl (C=O) groups is 1. The minimum atomic E-state index is -1.00. The van der Waals surface area contributed by atoms with Crippen molar-refractivity contribution in [3.63, 3.8) is 0 Å². The van der Waals surface area contributed by atoms with Gasteiger partial charge in [0.25, 0.3) is 0 Å². The highest BCUT2D eigenvalue weighted by molar-refractivity contribution is 9.09. The number of hydrogen-bond donors (Lipinski definition) is 1. The Hall–Kier alpha value is -1.16. The van der Waals surface area contributed by atoms with Crippen molar-refractivity contribution >= 4 is 28.0 Å². The molecule has 74 valence electrons. The van der Waals surface area contributed by atoms with E-state index in [2.05, 4.69) is 20.9 Å². The molecular weight excluding hydrogens is 246 g/mol. The third kappa shape index (κ3) is 2.67. The van der Waals surface area contributed by atoms with Gasteiger partial charge in [0.2, 0.25) is 0 Å². The number of carboxylic acids is 1. The Kier molecular flexibility index (Phi) is 3.83. The van der Waals surface area contributed by atoms with Gasteiger partial charge in [-0.05, 0) is 18.6 Å². The highest BCUT2D eigenvalue weighted by Gasteiger charge is 2.08. The van der Waals surface area contributed by atoms with Crippen molar-refractivity contribution in [1.82, 2.24) is 4.98 Å². The number of aryl methyl sites for hydroxylation is 1. The van der Waals surface area contributed by atoms with Crippen LogP contribution in [0.25, 0.3) is 6.08 Å². The smallest absolute Gasteiger partial charge is 0.355 e. The van der Waals surface area contributed by atoms with E-state index < -0.39 is 5.97 Å². The van der Waals surface area contributed by atoms with Crippen LogP contribution in [0.5, 0.6) is 0 Å². The van der Waals surface area contributed by atoms with Gasteiger partial charge in [-0.25, -0.2) is 9.78 Å². The number of aromatic carboxylic acids is 1.